The second kappa shape index (κ2) is 6.89. The van der Waals surface area contributed by atoms with Crippen LogP contribution < -0.4 is 5.32 Å². The molecule has 0 radical (unpaired) electrons. The van der Waals surface area contributed by atoms with Crippen LogP contribution in [0.5, 0.6) is 0 Å². The quantitative estimate of drug-likeness (QED) is 0.470. The maximum Gasteiger partial charge on any atom is 0.291 e. The molecule has 0 unspecified atom stereocenters. The number of hydrogen-bond donors (Lipinski definition) is 1. The van der Waals surface area contributed by atoms with E-state index < -0.39 is 0 Å². The zero-order chi connectivity index (χ0) is 18.1. The Morgan fingerprint density at radius 2 is 1.96 bits per heavy atom. The van der Waals surface area contributed by atoms with Gasteiger partial charge in [0, 0.05) is 5.56 Å². The fourth-order valence-electron chi connectivity index (χ4n) is 2.33. The Hall–Kier alpha value is -2.71. The van der Waals surface area contributed by atoms with Crippen LogP contribution in [0.25, 0.3) is 22.2 Å². The number of aryl methyl sites for hydroxylation is 1. The number of hydrogen-bond acceptors (Lipinski definition) is 6. The first-order chi connectivity index (χ1) is 12.6. The molecular formula is C18H12BrN3O3S. The van der Waals surface area contributed by atoms with Crippen LogP contribution in [0.15, 0.2) is 61.5 Å². The number of rotatable bonds is 4. The molecule has 0 fully saturated rings. The molecule has 6 nitrogen and oxygen atoms in total. The van der Waals surface area contributed by atoms with Crippen LogP contribution >= 0.6 is 27.3 Å². The van der Waals surface area contributed by atoms with Crippen molar-refractivity contribution in [3.63, 3.8) is 0 Å². The molecule has 26 heavy (non-hydrogen) atoms. The lowest BCUT2D eigenvalue weighted by molar-refractivity contribution is 0.0995. The fourth-order valence-corrected chi connectivity index (χ4v) is 3.41. The standard InChI is InChI=1S/C18H12BrN3O3S/c1-10-2-4-11(5-3-10)16-21-18(25-22-16)15-12(8-9-26-15)20-17(23)13-6-7-14(19)24-13/h2-9H,1H3,(H,20,23). The van der Waals surface area contributed by atoms with Crippen LogP contribution in [0.4, 0.5) is 5.69 Å². The predicted octanol–water partition coefficient (Wildman–Crippen LogP) is 5.38. The van der Waals surface area contributed by atoms with Crippen LogP contribution in [0.3, 0.4) is 0 Å². The zero-order valence-corrected chi connectivity index (χ0v) is 15.9. The minimum atomic E-state index is -0.353. The fraction of sp³-hybridized carbons (Fsp3) is 0.0556. The Labute approximate surface area is 161 Å². The Morgan fingerprint density at radius 1 is 1.15 bits per heavy atom. The summed E-state index contributed by atoms with van der Waals surface area (Å²) >= 11 is 4.59. The van der Waals surface area contributed by atoms with Gasteiger partial charge >= 0.3 is 0 Å². The number of thiophene rings is 1. The molecule has 3 aromatic heterocycles. The van der Waals surface area contributed by atoms with E-state index in [2.05, 4.69) is 31.4 Å². The van der Waals surface area contributed by atoms with E-state index in [9.17, 15) is 4.79 Å². The van der Waals surface area contributed by atoms with E-state index in [0.717, 1.165) is 11.1 Å². The van der Waals surface area contributed by atoms with Crippen molar-refractivity contribution in [1.82, 2.24) is 10.1 Å². The highest BCUT2D eigenvalue weighted by Crippen LogP contribution is 2.34. The summed E-state index contributed by atoms with van der Waals surface area (Å²) < 4.78 is 11.2. The third-order valence-electron chi connectivity index (χ3n) is 3.64. The van der Waals surface area contributed by atoms with Crippen molar-refractivity contribution in [3.05, 3.63) is 63.8 Å². The largest absolute Gasteiger partial charge is 0.444 e. The van der Waals surface area contributed by atoms with E-state index in [1.165, 1.54) is 11.3 Å². The number of nitrogens with zero attached hydrogens (tertiary/aromatic N) is 2. The van der Waals surface area contributed by atoms with Crippen molar-refractivity contribution in [2.75, 3.05) is 5.32 Å². The molecule has 0 atom stereocenters. The third-order valence-corrected chi connectivity index (χ3v) is 4.97. The molecule has 0 aliphatic carbocycles. The van der Waals surface area contributed by atoms with Gasteiger partial charge < -0.3 is 14.3 Å². The Kier molecular flexibility index (Phi) is 4.44. The van der Waals surface area contributed by atoms with Crippen LogP contribution in [0.1, 0.15) is 16.1 Å². The normalized spacial score (nSPS) is 10.8. The van der Waals surface area contributed by atoms with Gasteiger partial charge in [-0.05, 0) is 46.4 Å². The molecule has 0 aliphatic heterocycles. The number of carbonyl (C=O) groups is 1. The molecule has 1 N–H and O–H groups in total. The smallest absolute Gasteiger partial charge is 0.291 e. The van der Waals surface area contributed by atoms with Gasteiger partial charge in [-0.25, -0.2) is 0 Å². The summed E-state index contributed by atoms with van der Waals surface area (Å²) in [6, 6.07) is 12.9. The average Bonchev–Trinajstić information content (AvgIpc) is 3.35. The second-order valence-electron chi connectivity index (χ2n) is 5.51. The number of anilines is 1. The summed E-state index contributed by atoms with van der Waals surface area (Å²) in [5, 5.41) is 8.69. The summed E-state index contributed by atoms with van der Waals surface area (Å²) in [6.07, 6.45) is 0. The number of halogens is 1. The van der Waals surface area contributed by atoms with E-state index in [0.29, 0.717) is 26.9 Å². The van der Waals surface area contributed by atoms with Crippen molar-refractivity contribution in [3.8, 4) is 22.2 Å². The van der Waals surface area contributed by atoms with E-state index in [1.807, 2.05) is 36.6 Å². The Morgan fingerprint density at radius 3 is 2.69 bits per heavy atom. The molecule has 4 aromatic rings. The van der Waals surface area contributed by atoms with Gasteiger partial charge in [0.2, 0.25) is 5.82 Å². The summed E-state index contributed by atoms with van der Waals surface area (Å²) in [5.41, 5.74) is 2.62. The van der Waals surface area contributed by atoms with Gasteiger partial charge in [0.05, 0.1) is 5.69 Å². The average molecular weight is 430 g/mol. The lowest BCUT2D eigenvalue weighted by Gasteiger charge is -2.02. The highest BCUT2D eigenvalue weighted by Gasteiger charge is 2.19. The maximum absolute atomic E-state index is 12.3. The Bertz CT molecular complexity index is 1070. The number of nitrogens with one attached hydrogen (secondary N) is 1. The molecular weight excluding hydrogens is 418 g/mol. The number of amides is 1. The summed E-state index contributed by atoms with van der Waals surface area (Å²) in [6.45, 7) is 2.02. The SMILES string of the molecule is Cc1ccc(-c2noc(-c3sccc3NC(=O)c3ccc(Br)o3)n2)cc1. The number of aromatic nitrogens is 2. The van der Waals surface area contributed by atoms with Crippen LogP contribution in [-0.4, -0.2) is 16.0 Å². The monoisotopic (exact) mass is 429 g/mol. The highest BCUT2D eigenvalue weighted by molar-refractivity contribution is 9.10. The molecule has 1 amide bonds. The third kappa shape index (κ3) is 3.33. The molecule has 0 spiro atoms. The van der Waals surface area contributed by atoms with E-state index in [4.69, 9.17) is 8.94 Å². The minimum Gasteiger partial charge on any atom is -0.444 e. The zero-order valence-electron chi connectivity index (χ0n) is 13.5. The molecule has 4 rings (SSSR count). The molecule has 0 bridgehead atoms. The molecule has 0 saturated carbocycles. The van der Waals surface area contributed by atoms with Crippen molar-refractivity contribution < 1.29 is 13.7 Å². The summed E-state index contributed by atoms with van der Waals surface area (Å²) in [4.78, 5) is 17.4. The Balaban J connectivity index is 1.59. The summed E-state index contributed by atoms with van der Waals surface area (Å²) in [7, 11) is 0. The molecule has 0 aliphatic rings. The van der Waals surface area contributed by atoms with Gasteiger partial charge in [0.15, 0.2) is 10.4 Å². The van der Waals surface area contributed by atoms with Gasteiger partial charge in [-0.3, -0.25) is 4.79 Å². The lowest BCUT2D eigenvalue weighted by atomic mass is 10.1. The number of benzene rings is 1. The first-order valence-corrected chi connectivity index (χ1v) is 9.33. The van der Waals surface area contributed by atoms with Crippen molar-refractivity contribution in [2.24, 2.45) is 0 Å². The van der Waals surface area contributed by atoms with Gasteiger partial charge in [0.25, 0.3) is 11.8 Å². The highest BCUT2D eigenvalue weighted by atomic mass is 79.9. The number of carbonyl (C=O) groups excluding carboxylic acids is 1. The molecule has 1 aromatic carbocycles. The van der Waals surface area contributed by atoms with Crippen LogP contribution in [-0.2, 0) is 0 Å². The number of furan rings is 1. The van der Waals surface area contributed by atoms with E-state index in [-0.39, 0.29) is 11.7 Å². The predicted molar refractivity (Wildman–Crippen MR) is 102 cm³/mol. The first kappa shape index (κ1) is 16.7. The van der Waals surface area contributed by atoms with Crippen LogP contribution in [0.2, 0.25) is 0 Å². The second-order valence-corrected chi connectivity index (χ2v) is 7.21. The molecule has 3 heterocycles. The molecule has 130 valence electrons. The van der Waals surface area contributed by atoms with E-state index >= 15 is 0 Å². The topological polar surface area (TPSA) is 81.2 Å². The molecule has 0 saturated heterocycles. The van der Waals surface area contributed by atoms with Gasteiger partial charge in [-0.2, -0.15) is 4.98 Å². The minimum absolute atomic E-state index is 0.208. The van der Waals surface area contributed by atoms with Crippen molar-refractivity contribution in [2.45, 2.75) is 6.92 Å². The van der Waals surface area contributed by atoms with Gasteiger partial charge in [0.1, 0.15) is 4.88 Å². The van der Waals surface area contributed by atoms with Crippen molar-refractivity contribution in [1.29, 1.82) is 0 Å². The molecule has 8 heteroatoms. The first-order valence-electron chi connectivity index (χ1n) is 7.65. The van der Waals surface area contributed by atoms with Gasteiger partial charge in [-0.1, -0.05) is 35.0 Å². The van der Waals surface area contributed by atoms with Gasteiger partial charge in [-0.15, -0.1) is 11.3 Å². The van der Waals surface area contributed by atoms with Crippen molar-refractivity contribution >= 4 is 38.9 Å². The summed E-state index contributed by atoms with van der Waals surface area (Å²) in [5.74, 6) is 0.709. The lowest BCUT2D eigenvalue weighted by Crippen LogP contribution is -2.10. The maximum atomic E-state index is 12.3. The van der Waals surface area contributed by atoms with E-state index in [1.54, 1.807) is 18.2 Å². The van der Waals surface area contributed by atoms with Crippen LogP contribution in [0, 0.1) is 6.92 Å².